The zero-order chi connectivity index (χ0) is 17.1. The van der Waals surface area contributed by atoms with Crippen LogP contribution in [-0.4, -0.2) is 9.55 Å². The molecule has 4 rings (SSSR count). The molecule has 0 saturated carbocycles. The molecule has 0 saturated heterocycles. The van der Waals surface area contributed by atoms with Crippen molar-refractivity contribution in [1.29, 1.82) is 0 Å². The summed E-state index contributed by atoms with van der Waals surface area (Å²) in [6.07, 6.45) is 5.08. The van der Waals surface area contributed by atoms with Crippen LogP contribution in [0.5, 0.6) is 0 Å². The van der Waals surface area contributed by atoms with Crippen molar-refractivity contribution < 1.29 is 8.81 Å². The fraction of sp³-hybridized carbons (Fsp3) is 0.0526. The Kier molecular flexibility index (Phi) is 4.26. The number of pyridine rings is 1. The number of aromatic nitrogens is 2. The van der Waals surface area contributed by atoms with Crippen LogP contribution in [0.2, 0.25) is 0 Å². The van der Waals surface area contributed by atoms with Crippen LogP contribution in [0.3, 0.4) is 0 Å². The number of rotatable bonds is 4. The molecule has 0 atom stereocenters. The van der Waals surface area contributed by atoms with Gasteiger partial charge in [-0.1, -0.05) is 0 Å². The Morgan fingerprint density at radius 1 is 1.12 bits per heavy atom. The maximum atomic E-state index is 13.3. The van der Waals surface area contributed by atoms with E-state index in [4.69, 9.17) is 4.42 Å². The Hall–Kier alpha value is -2.99. The molecule has 4 aromatic rings. The van der Waals surface area contributed by atoms with Gasteiger partial charge in [-0.3, -0.25) is 4.98 Å². The molecule has 4 nitrogen and oxygen atoms in total. The van der Waals surface area contributed by atoms with E-state index in [9.17, 15) is 4.39 Å². The molecule has 0 bridgehead atoms. The first-order valence-electron chi connectivity index (χ1n) is 7.71. The highest BCUT2D eigenvalue weighted by Crippen LogP contribution is 2.22. The van der Waals surface area contributed by atoms with Gasteiger partial charge in [-0.2, -0.15) is 0 Å². The van der Waals surface area contributed by atoms with Gasteiger partial charge in [-0.05, 0) is 54.1 Å². The number of halogens is 1. The van der Waals surface area contributed by atoms with Crippen LogP contribution in [0.4, 0.5) is 10.1 Å². The average Bonchev–Trinajstić information content (AvgIpc) is 3.28. The normalized spacial score (nSPS) is 11.8. The van der Waals surface area contributed by atoms with Crippen molar-refractivity contribution in [3.8, 4) is 11.3 Å². The highest BCUT2D eigenvalue weighted by Gasteiger charge is 2.10. The van der Waals surface area contributed by atoms with E-state index >= 15 is 0 Å². The lowest BCUT2D eigenvalue weighted by Crippen LogP contribution is -2.16. The SMILES string of the molecule is Fc1ccc(-c2csc(=Nc3cccnc3)n2Cc2ccco2)cc1. The molecular formula is C19H14FN3OS. The second-order valence-electron chi connectivity index (χ2n) is 5.40. The molecule has 124 valence electrons. The lowest BCUT2D eigenvalue weighted by molar-refractivity contribution is 0.492. The summed E-state index contributed by atoms with van der Waals surface area (Å²) in [4.78, 5) is 9.61. The zero-order valence-corrected chi connectivity index (χ0v) is 14.0. The summed E-state index contributed by atoms with van der Waals surface area (Å²) in [7, 11) is 0. The third-order valence-corrected chi connectivity index (χ3v) is 4.57. The van der Waals surface area contributed by atoms with Crippen molar-refractivity contribution in [3.05, 3.63) is 88.9 Å². The van der Waals surface area contributed by atoms with E-state index in [0.29, 0.717) is 6.54 Å². The van der Waals surface area contributed by atoms with Gasteiger partial charge in [0.05, 0.1) is 30.4 Å². The van der Waals surface area contributed by atoms with Crippen LogP contribution in [0.1, 0.15) is 5.76 Å². The van der Waals surface area contributed by atoms with Gasteiger partial charge in [0.2, 0.25) is 0 Å². The highest BCUT2D eigenvalue weighted by atomic mass is 32.1. The minimum absolute atomic E-state index is 0.253. The predicted molar refractivity (Wildman–Crippen MR) is 95.0 cm³/mol. The summed E-state index contributed by atoms with van der Waals surface area (Å²) in [6.45, 7) is 0.544. The number of benzene rings is 1. The minimum Gasteiger partial charge on any atom is -0.467 e. The van der Waals surface area contributed by atoms with Crippen molar-refractivity contribution in [2.24, 2.45) is 4.99 Å². The molecule has 6 heteroatoms. The van der Waals surface area contributed by atoms with Crippen LogP contribution in [0, 0.1) is 5.82 Å². The monoisotopic (exact) mass is 351 g/mol. The largest absolute Gasteiger partial charge is 0.467 e. The highest BCUT2D eigenvalue weighted by molar-refractivity contribution is 7.07. The van der Waals surface area contributed by atoms with Crippen molar-refractivity contribution >= 4 is 17.0 Å². The molecule has 0 unspecified atom stereocenters. The Balaban J connectivity index is 1.84. The molecule has 0 N–H and O–H groups in total. The molecular weight excluding hydrogens is 337 g/mol. The summed E-state index contributed by atoms with van der Waals surface area (Å²) >= 11 is 1.52. The maximum Gasteiger partial charge on any atom is 0.190 e. The zero-order valence-electron chi connectivity index (χ0n) is 13.2. The van der Waals surface area contributed by atoms with E-state index in [0.717, 1.165) is 27.5 Å². The van der Waals surface area contributed by atoms with Crippen molar-refractivity contribution in [2.45, 2.75) is 6.54 Å². The van der Waals surface area contributed by atoms with Crippen LogP contribution in [-0.2, 0) is 6.54 Å². The molecule has 0 aliphatic rings. The van der Waals surface area contributed by atoms with Gasteiger partial charge in [0.1, 0.15) is 11.6 Å². The molecule has 0 radical (unpaired) electrons. The Bertz CT molecular complexity index is 1020. The fourth-order valence-corrected chi connectivity index (χ4v) is 3.44. The molecule has 0 aliphatic heterocycles. The van der Waals surface area contributed by atoms with Crippen molar-refractivity contribution in [2.75, 3.05) is 0 Å². The van der Waals surface area contributed by atoms with Crippen LogP contribution in [0.25, 0.3) is 11.3 Å². The first-order chi connectivity index (χ1) is 12.3. The van der Waals surface area contributed by atoms with E-state index in [1.54, 1.807) is 30.8 Å². The molecule has 0 aliphatic carbocycles. The average molecular weight is 351 g/mol. The number of hydrogen-bond acceptors (Lipinski definition) is 4. The summed E-state index contributed by atoms with van der Waals surface area (Å²) in [6, 6.07) is 14.0. The van der Waals surface area contributed by atoms with Gasteiger partial charge in [0.25, 0.3) is 0 Å². The number of hydrogen-bond donors (Lipinski definition) is 0. The first-order valence-corrected chi connectivity index (χ1v) is 8.59. The Morgan fingerprint density at radius 3 is 2.72 bits per heavy atom. The fourth-order valence-electron chi connectivity index (χ4n) is 2.51. The molecule has 3 heterocycles. The van der Waals surface area contributed by atoms with E-state index in [2.05, 4.69) is 14.5 Å². The predicted octanol–water partition coefficient (Wildman–Crippen LogP) is 4.62. The lowest BCUT2D eigenvalue weighted by atomic mass is 10.1. The Morgan fingerprint density at radius 2 is 2.00 bits per heavy atom. The maximum absolute atomic E-state index is 13.3. The molecule has 0 fully saturated rings. The number of furan rings is 1. The molecule has 0 spiro atoms. The summed E-state index contributed by atoms with van der Waals surface area (Å²) in [5.41, 5.74) is 2.67. The summed E-state index contributed by atoms with van der Waals surface area (Å²) in [5.74, 6) is 0.575. The summed E-state index contributed by atoms with van der Waals surface area (Å²) in [5, 5.41) is 2.02. The molecule has 0 amide bonds. The standard InChI is InChI=1S/C19H14FN3OS/c20-15-7-5-14(6-8-15)18-13-25-19(22-16-3-1-9-21-11-16)23(18)12-17-4-2-10-24-17/h1-11,13H,12H2. The van der Waals surface area contributed by atoms with Crippen LogP contribution in [0.15, 0.2) is 82.0 Å². The summed E-state index contributed by atoms with van der Waals surface area (Å²) < 4.78 is 20.8. The van der Waals surface area contributed by atoms with E-state index in [1.165, 1.54) is 23.5 Å². The number of thiazole rings is 1. The van der Waals surface area contributed by atoms with E-state index < -0.39 is 0 Å². The molecule has 1 aromatic carbocycles. The smallest absolute Gasteiger partial charge is 0.190 e. The van der Waals surface area contributed by atoms with Crippen molar-refractivity contribution in [3.63, 3.8) is 0 Å². The minimum atomic E-state index is -0.253. The lowest BCUT2D eigenvalue weighted by Gasteiger charge is -2.07. The second kappa shape index (κ2) is 6.86. The van der Waals surface area contributed by atoms with Gasteiger partial charge in [-0.25, -0.2) is 9.38 Å². The topological polar surface area (TPSA) is 43.3 Å². The van der Waals surface area contributed by atoms with Crippen molar-refractivity contribution in [1.82, 2.24) is 9.55 Å². The first kappa shape index (κ1) is 15.5. The molecule has 3 aromatic heterocycles. The second-order valence-corrected chi connectivity index (χ2v) is 6.24. The van der Waals surface area contributed by atoms with Gasteiger partial charge in [0, 0.05) is 11.6 Å². The van der Waals surface area contributed by atoms with Crippen LogP contribution >= 0.6 is 11.3 Å². The molecule has 25 heavy (non-hydrogen) atoms. The number of nitrogens with zero attached hydrogens (tertiary/aromatic N) is 3. The van der Waals surface area contributed by atoms with Gasteiger partial charge >= 0.3 is 0 Å². The van der Waals surface area contributed by atoms with Gasteiger partial charge in [0.15, 0.2) is 4.80 Å². The Labute approximate surface area is 147 Å². The van der Waals surface area contributed by atoms with Gasteiger partial charge in [-0.15, -0.1) is 11.3 Å². The van der Waals surface area contributed by atoms with E-state index in [-0.39, 0.29) is 5.82 Å². The third-order valence-electron chi connectivity index (χ3n) is 3.70. The van der Waals surface area contributed by atoms with E-state index in [1.807, 2.05) is 29.6 Å². The third kappa shape index (κ3) is 3.44. The van der Waals surface area contributed by atoms with Crippen LogP contribution < -0.4 is 4.80 Å². The van der Waals surface area contributed by atoms with Gasteiger partial charge < -0.3 is 8.98 Å². The quantitative estimate of drug-likeness (QED) is 0.538.